The molecule has 0 bridgehead atoms. The van der Waals surface area contributed by atoms with Crippen molar-refractivity contribution in [2.45, 2.75) is 45.6 Å². The number of hydrogen-bond acceptors (Lipinski definition) is 4. The maximum atomic E-state index is 13.7. The molecule has 29 heavy (non-hydrogen) atoms. The summed E-state index contributed by atoms with van der Waals surface area (Å²) in [6.07, 6.45) is 6.42. The van der Waals surface area contributed by atoms with Crippen molar-refractivity contribution in [3.63, 3.8) is 0 Å². The number of nitrogens with zero attached hydrogens (tertiary/aromatic N) is 3. The second kappa shape index (κ2) is 8.35. The highest BCUT2D eigenvalue weighted by atomic mass is 19.1. The molecule has 2 aliphatic rings. The summed E-state index contributed by atoms with van der Waals surface area (Å²) in [6.45, 7) is 3.97. The summed E-state index contributed by atoms with van der Waals surface area (Å²) in [5.41, 5.74) is 1.80. The Kier molecular flexibility index (Phi) is 5.65. The summed E-state index contributed by atoms with van der Waals surface area (Å²) in [5, 5.41) is 7.13. The number of nitrogens with one attached hydrogen (secondary N) is 1. The van der Waals surface area contributed by atoms with Crippen LogP contribution in [0, 0.1) is 24.6 Å². The summed E-state index contributed by atoms with van der Waals surface area (Å²) in [5.74, 6) is 0.354. The van der Waals surface area contributed by atoms with Gasteiger partial charge in [-0.05, 0) is 62.1 Å². The zero-order valence-electron chi connectivity index (χ0n) is 16.7. The number of piperidine rings is 1. The van der Waals surface area contributed by atoms with Gasteiger partial charge in [0.15, 0.2) is 0 Å². The third-order valence-electron chi connectivity index (χ3n) is 5.80. The molecule has 1 aliphatic carbocycles. The molecule has 1 unspecified atom stereocenters. The quantitative estimate of drug-likeness (QED) is 0.810. The molecule has 4 rings (SSSR count). The molecule has 1 saturated heterocycles. The van der Waals surface area contributed by atoms with Crippen molar-refractivity contribution in [1.29, 1.82) is 0 Å². The van der Waals surface area contributed by atoms with Crippen LogP contribution in [0.2, 0.25) is 0 Å². The van der Waals surface area contributed by atoms with Crippen molar-refractivity contribution in [1.82, 2.24) is 9.78 Å². The third kappa shape index (κ3) is 5.02. The minimum atomic E-state index is -0.324. The maximum Gasteiger partial charge on any atom is 0.268 e. The lowest BCUT2D eigenvalue weighted by atomic mass is 9.94. The van der Waals surface area contributed by atoms with Crippen LogP contribution >= 0.6 is 0 Å². The van der Waals surface area contributed by atoms with Crippen LogP contribution in [0.15, 0.2) is 35.3 Å². The predicted octanol–water partition coefficient (Wildman–Crippen LogP) is 3.35. The van der Waals surface area contributed by atoms with Gasteiger partial charge < -0.3 is 10.2 Å². The van der Waals surface area contributed by atoms with Crippen LogP contribution in [-0.2, 0) is 11.3 Å². The van der Waals surface area contributed by atoms with Gasteiger partial charge >= 0.3 is 0 Å². The van der Waals surface area contributed by atoms with Crippen LogP contribution in [0.3, 0.4) is 0 Å². The van der Waals surface area contributed by atoms with E-state index in [1.165, 1.54) is 18.9 Å². The molecule has 1 amide bonds. The molecule has 0 spiro atoms. The lowest BCUT2D eigenvalue weighted by molar-refractivity contribution is -0.117. The van der Waals surface area contributed by atoms with E-state index in [1.807, 2.05) is 0 Å². The SMILES string of the molecule is Cc1ccc(NC(=O)CC2CCCN(c3cnn(CC4CC4)c(=O)c3)C2)cc1F. The summed E-state index contributed by atoms with van der Waals surface area (Å²) >= 11 is 0. The molecule has 2 fully saturated rings. The Hall–Kier alpha value is -2.70. The number of benzene rings is 1. The normalized spacial score (nSPS) is 19.2. The molecule has 1 aromatic carbocycles. The van der Waals surface area contributed by atoms with Gasteiger partial charge in [0.1, 0.15) is 5.82 Å². The molecule has 7 heteroatoms. The minimum Gasteiger partial charge on any atom is -0.370 e. The van der Waals surface area contributed by atoms with E-state index in [2.05, 4.69) is 15.3 Å². The fourth-order valence-electron chi connectivity index (χ4n) is 3.89. The molecule has 2 heterocycles. The van der Waals surface area contributed by atoms with Crippen molar-refractivity contribution in [2.75, 3.05) is 23.3 Å². The van der Waals surface area contributed by atoms with Crippen molar-refractivity contribution in [3.8, 4) is 0 Å². The fourth-order valence-corrected chi connectivity index (χ4v) is 3.89. The van der Waals surface area contributed by atoms with Gasteiger partial charge in [-0.3, -0.25) is 9.59 Å². The Morgan fingerprint density at radius 2 is 2.07 bits per heavy atom. The van der Waals surface area contributed by atoms with E-state index in [0.29, 0.717) is 36.7 Å². The zero-order chi connectivity index (χ0) is 20.4. The highest BCUT2D eigenvalue weighted by Crippen LogP contribution is 2.30. The number of rotatable bonds is 6. The van der Waals surface area contributed by atoms with E-state index >= 15 is 0 Å². The highest BCUT2D eigenvalue weighted by molar-refractivity contribution is 5.90. The monoisotopic (exact) mass is 398 g/mol. The Morgan fingerprint density at radius 1 is 1.24 bits per heavy atom. The second-order valence-electron chi connectivity index (χ2n) is 8.35. The van der Waals surface area contributed by atoms with Gasteiger partial charge in [0.05, 0.1) is 11.9 Å². The Morgan fingerprint density at radius 3 is 2.79 bits per heavy atom. The molecule has 1 saturated carbocycles. The van der Waals surface area contributed by atoms with Crippen LogP contribution in [-0.4, -0.2) is 28.8 Å². The largest absolute Gasteiger partial charge is 0.370 e. The predicted molar refractivity (Wildman–Crippen MR) is 111 cm³/mol. The van der Waals surface area contributed by atoms with Crippen LogP contribution in [0.1, 0.15) is 37.7 Å². The van der Waals surface area contributed by atoms with Gasteiger partial charge in [0, 0.05) is 37.8 Å². The topological polar surface area (TPSA) is 67.2 Å². The number of aryl methyl sites for hydroxylation is 1. The van der Waals surface area contributed by atoms with Gasteiger partial charge in [-0.1, -0.05) is 6.07 Å². The average Bonchev–Trinajstić information content (AvgIpc) is 3.51. The number of halogens is 1. The lowest BCUT2D eigenvalue weighted by Crippen LogP contribution is -2.38. The van der Waals surface area contributed by atoms with E-state index in [0.717, 1.165) is 25.1 Å². The first-order valence-corrected chi connectivity index (χ1v) is 10.4. The van der Waals surface area contributed by atoms with Crippen molar-refractivity contribution >= 4 is 17.3 Å². The lowest BCUT2D eigenvalue weighted by Gasteiger charge is -2.34. The van der Waals surface area contributed by atoms with Crippen molar-refractivity contribution in [3.05, 3.63) is 52.2 Å². The Labute approximate surface area is 169 Å². The molecule has 0 radical (unpaired) electrons. The third-order valence-corrected chi connectivity index (χ3v) is 5.80. The van der Waals surface area contributed by atoms with Crippen LogP contribution < -0.4 is 15.8 Å². The van der Waals surface area contributed by atoms with Gasteiger partial charge in [-0.2, -0.15) is 5.10 Å². The maximum absolute atomic E-state index is 13.7. The minimum absolute atomic E-state index is 0.0596. The van der Waals surface area contributed by atoms with Crippen molar-refractivity contribution < 1.29 is 9.18 Å². The number of hydrogen-bond donors (Lipinski definition) is 1. The van der Waals surface area contributed by atoms with Gasteiger partial charge in [-0.15, -0.1) is 0 Å². The summed E-state index contributed by atoms with van der Waals surface area (Å²) < 4.78 is 15.2. The molecule has 1 aromatic heterocycles. The Bertz CT molecular complexity index is 954. The van der Waals surface area contributed by atoms with Gasteiger partial charge in [0.25, 0.3) is 5.56 Å². The number of aromatic nitrogens is 2. The number of amides is 1. The highest BCUT2D eigenvalue weighted by Gasteiger charge is 2.25. The van der Waals surface area contributed by atoms with E-state index in [1.54, 1.807) is 36.0 Å². The number of anilines is 2. The van der Waals surface area contributed by atoms with Gasteiger partial charge in [-0.25, -0.2) is 9.07 Å². The van der Waals surface area contributed by atoms with E-state index < -0.39 is 0 Å². The van der Waals surface area contributed by atoms with E-state index in [4.69, 9.17) is 0 Å². The second-order valence-corrected chi connectivity index (χ2v) is 8.35. The molecule has 1 aliphatic heterocycles. The van der Waals surface area contributed by atoms with E-state index in [-0.39, 0.29) is 23.2 Å². The van der Waals surface area contributed by atoms with Crippen molar-refractivity contribution in [2.24, 2.45) is 11.8 Å². The summed E-state index contributed by atoms with van der Waals surface area (Å²) in [4.78, 5) is 26.9. The van der Waals surface area contributed by atoms with E-state index in [9.17, 15) is 14.0 Å². The molecule has 154 valence electrons. The Balaban J connectivity index is 1.35. The molecular weight excluding hydrogens is 371 g/mol. The van der Waals surface area contributed by atoms with Crippen LogP contribution in [0.4, 0.5) is 15.8 Å². The average molecular weight is 398 g/mol. The van der Waals surface area contributed by atoms with Gasteiger partial charge in [0.2, 0.25) is 5.91 Å². The smallest absolute Gasteiger partial charge is 0.268 e. The first-order chi connectivity index (χ1) is 14.0. The van der Waals surface area contributed by atoms with Crippen LogP contribution in [0.25, 0.3) is 0 Å². The number of carbonyl (C=O) groups is 1. The summed E-state index contributed by atoms with van der Waals surface area (Å²) in [6, 6.07) is 6.38. The fraction of sp³-hybridized carbons (Fsp3) is 0.500. The molecular formula is C22H27FN4O2. The van der Waals surface area contributed by atoms with Crippen LogP contribution in [0.5, 0.6) is 0 Å². The number of carbonyl (C=O) groups excluding carboxylic acids is 1. The first kappa shape index (κ1) is 19.6. The molecule has 1 N–H and O–H groups in total. The molecule has 2 aromatic rings. The molecule has 6 nitrogen and oxygen atoms in total. The standard InChI is InChI=1S/C22H27FN4O2/c1-15-4-7-18(10-20(15)23)25-21(28)9-17-3-2-8-26(13-17)19-11-22(29)27(24-12-19)14-16-5-6-16/h4,7,10-12,16-17H,2-3,5-6,8-9,13-14H2,1H3,(H,25,28). The summed E-state index contributed by atoms with van der Waals surface area (Å²) in [7, 11) is 0. The first-order valence-electron chi connectivity index (χ1n) is 10.4. The molecule has 1 atom stereocenters. The zero-order valence-corrected chi connectivity index (χ0v) is 16.7.